The summed E-state index contributed by atoms with van der Waals surface area (Å²) in [5, 5.41) is 22.6. The van der Waals surface area contributed by atoms with Crippen molar-refractivity contribution in [1.82, 2.24) is 30.0 Å². The predicted octanol–water partition coefficient (Wildman–Crippen LogP) is 6.88. The number of aromatic nitrogens is 6. The highest BCUT2D eigenvalue weighted by atomic mass is 32.2. The molecule has 0 radical (unpaired) electrons. The fourth-order valence-electron chi connectivity index (χ4n) is 5.44. The lowest BCUT2D eigenvalue weighted by molar-refractivity contribution is 0.483. The third-order valence-corrected chi connectivity index (χ3v) is 8.55. The molecule has 0 spiro atoms. The molecule has 8 aromatic rings. The lowest BCUT2D eigenvalue weighted by Gasteiger charge is -2.07. The minimum absolute atomic E-state index is 0.242. The normalized spacial score (nSPS) is 12.3. The van der Waals surface area contributed by atoms with Gasteiger partial charge >= 0.3 is 0 Å². The Morgan fingerprint density at radius 1 is 0.568 bits per heavy atom. The van der Waals surface area contributed by atoms with Crippen molar-refractivity contribution in [3.8, 4) is 11.4 Å². The molecule has 8 rings (SSSR count). The van der Waals surface area contributed by atoms with Crippen LogP contribution in [0.5, 0.6) is 0 Å². The van der Waals surface area contributed by atoms with Gasteiger partial charge in [0.25, 0.3) is 10.1 Å². The lowest BCUT2D eigenvalue weighted by atomic mass is 10.1. The Morgan fingerprint density at radius 3 is 1.70 bits per heavy atom. The first-order valence-electron chi connectivity index (χ1n) is 13.8. The van der Waals surface area contributed by atoms with Crippen LogP contribution in [0.3, 0.4) is 0 Å². The van der Waals surface area contributed by atoms with Gasteiger partial charge in [0.05, 0.1) is 11.4 Å². The first-order valence-corrected chi connectivity index (χ1v) is 15.2. The summed E-state index contributed by atoms with van der Waals surface area (Å²) in [5.41, 5.74) is 5.37. The van der Waals surface area contributed by atoms with Crippen molar-refractivity contribution in [2.75, 3.05) is 0 Å². The van der Waals surface area contributed by atoms with Gasteiger partial charge in [-0.25, -0.2) is 0 Å². The maximum absolute atomic E-state index is 12.4. The number of benzene rings is 6. The highest BCUT2D eigenvalue weighted by Gasteiger charge is 2.17. The third kappa shape index (κ3) is 4.49. The van der Waals surface area contributed by atoms with Crippen molar-refractivity contribution in [2.24, 2.45) is 0 Å². The van der Waals surface area contributed by atoms with Crippen LogP contribution in [0.4, 0.5) is 0 Å². The number of nitrogens with zero attached hydrogens (tertiary/aromatic N) is 6. The second-order valence-electron chi connectivity index (χ2n) is 10.4. The van der Waals surface area contributed by atoms with Gasteiger partial charge in [-0.3, -0.25) is 4.55 Å². The van der Waals surface area contributed by atoms with E-state index in [9.17, 15) is 13.0 Å². The van der Waals surface area contributed by atoms with Crippen LogP contribution in [0.1, 0.15) is 11.1 Å². The molecule has 0 saturated carbocycles. The summed E-state index contributed by atoms with van der Waals surface area (Å²) in [5.74, 6) is 0. The van der Waals surface area contributed by atoms with Crippen LogP contribution in [-0.4, -0.2) is 43.0 Å². The summed E-state index contributed by atoms with van der Waals surface area (Å²) in [6.45, 7) is 0. The fraction of sp³-hybridized carbons (Fsp3) is 0. The minimum Gasteiger partial charge on any atom is -0.282 e. The summed E-state index contributed by atoms with van der Waals surface area (Å²) in [6, 6.07) is 36.1. The van der Waals surface area contributed by atoms with Gasteiger partial charge in [-0.15, -0.1) is 20.4 Å². The van der Waals surface area contributed by atoms with Gasteiger partial charge in [-0.05, 0) is 58.3 Å². The van der Waals surface area contributed by atoms with Crippen molar-refractivity contribution in [1.29, 1.82) is 0 Å². The second kappa shape index (κ2) is 9.94. The van der Waals surface area contributed by atoms with Crippen LogP contribution < -0.4 is 0 Å². The topological polar surface area (TPSA) is 116 Å². The molecule has 0 atom stereocenters. The van der Waals surface area contributed by atoms with Gasteiger partial charge < -0.3 is 0 Å². The predicted molar refractivity (Wildman–Crippen MR) is 171 cm³/mol. The van der Waals surface area contributed by atoms with E-state index in [1.807, 2.05) is 97.1 Å². The zero-order valence-electron chi connectivity index (χ0n) is 23.0. The minimum atomic E-state index is -4.54. The van der Waals surface area contributed by atoms with Gasteiger partial charge in [0.15, 0.2) is 0 Å². The molecule has 0 aliphatic heterocycles. The van der Waals surface area contributed by atoms with Crippen molar-refractivity contribution < 1.29 is 13.0 Å². The average Bonchev–Trinajstić information content (AvgIpc) is 3.69. The number of hydrogen-bond donors (Lipinski definition) is 1. The Bertz CT molecular complexity index is 2530. The molecule has 0 saturated heterocycles. The van der Waals surface area contributed by atoms with E-state index in [2.05, 4.69) is 15.3 Å². The molecule has 0 aliphatic carbocycles. The van der Waals surface area contributed by atoms with Gasteiger partial charge in [0.1, 0.15) is 27.0 Å². The van der Waals surface area contributed by atoms with Crippen molar-refractivity contribution in [2.45, 2.75) is 4.90 Å². The number of fused-ring (bicyclic) bond motifs is 6. The zero-order valence-corrected chi connectivity index (χ0v) is 23.8. The van der Waals surface area contributed by atoms with Gasteiger partial charge in [-0.2, -0.15) is 18.0 Å². The Labute approximate surface area is 251 Å². The molecule has 44 heavy (non-hydrogen) atoms. The van der Waals surface area contributed by atoms with E-state index in [0.717, 1.165) is 43.8 Å². The number of rotatable bonds is 5. The summed E-state index contributed by atoms with van der Waals surface area (Å²) < 4.78 is 34.9. The van der Waals surface area contributed by atoms with E-state index in [0.29, 0.717) is 22.3 Å². The molecule has 0 amide bonds. The third-order valence-electron chi connectivity index (χ3n) is 7.64. The van der Waals surface area contributed by atoms with Crippen LogP contribution in [0, 0.1) is 0 Å². The van der Waals surface area contributed by atoms with E-state index in [1.54, 1.807) is 29.1 Å². The lowest BCUT2D eigenvalue weighted by Crippen LogP contribution is -2.05. The molecule has 0 aliphatic rings. The summed E-state index contributed by atoms with van der Waals surface area (Å²) in [4.78, 5) is 2.75. The van der Waals surface area contributed by atoms with E-state index in [-0.39, 0.29) is 4.90 Å². The van der Waals surface area contributed by atoms with E-state index in [4.69, 9.17) is 5.10 Å². The Balaban J connectivity index is 1.10. The molecule has 1 N–H and O–H groups in total. The molecule has 0 fully saturated rings. The van der Waals surface area contributed by atoms with Gasteiger partial charge in [0.2, 0.25) is 0 Å². The Hall–Kier alpha value is -5.71. The zero-order chi connectivity index (χ0) is 29.8. The highest BCUT2D eigenvalue weighted by molar-refractivity contribution is 7.86. The Morgan fingerprint density at radius 2 is 1.11 bits per heavy atom. The van der Waals surface area contributed by atoms with E-state index >= 15 is 0 Å². The maximum Gasteiger partial charge on any atom is 0.295 e. The van der Waals surface area contributed by atoms with Crippen molar-refractivity contribution in [3.05, 3.63) is 126 Å². The Kier molecular flexibility index (Phi) is 5.86. The highest BCUT2D eigenvalue weighted by Crippen LogP contribution is 2.27. The van der Waals surface area contributed by atoms with E-state index < -0.39 is 10.1 Å². The molecule has 6 aromatic carbocycles. The summed E-state index contributed by atoms with van der Waals surface area (Å²) in [6.07, 6.45) is 3.43. The van der Waals surface area contributed by atoms with E-state index in [1.165, 1.54) is 10.9 Å². The van der Waals surface area contributed by atoms with Crippen LogP contribution >= 0.6 is 0 Å². The smallest absolute Gasteiger partial charge is 0.282 e. The molecular weight excluding hydrogens is 572 g/mol. The second-order valence-corrected chi connectivity index (χ2v) is 11.8. The summed E-state index contributed by atoms with van der Waals surface area (Å²) in [7, 11) is -4.54. The molecular formula is C34H22N6O3S. The van der Waals surface area contributed by atoms with Crippen LogP contribution in [0.2, 0.25) is 0 Å². The quantitative estimate of drug-likeness (QED) is 0.171. The molecule has 9 nitrogen and oxygen atoms in total. The monoisotopic (exact) mass is 594 g/mol. The molecule has 0 bridgehead atoms. The SMILES string of the molecule is O=S(=O)(O)c1cc(-n2nc3ccc4ccccc4c3n2)ccc1C=Cc1ccc(-n2nc3ccc4ccccc4c3n2)cc1. The van der Waals surface area contributed by atoms with Crippen LogP contribution in [0.15, 0.2) is 120 Å². The van der Waals surface area contributed by atoms with Gasteiger partial charge in [0, 0.05) is 10.8 Å². The largest absolute Gasteiger partial charge is 0.295 e. The van der Waals surface area contributed by atoms with Gasteiger partial charge in [-0.1, -0.05) is 91.0 Å². The number of hydrogen-bond acceptors (Lipinski definition) is 6. The summed E-state index contributed by atoms with van der Waals surface area (Å²) >= 11 is 0. The maximum atomic E-state index is 12.4. The molecule has 2 heterocycles. The molecule has 10 heteroatoms. The first-order chi connectivity index (χ1) is 21.4. The van der Waals surface area contributed by atoms with Crippen molar-refractivity contribution in [3.63, 3.8) is 0 Å². The molecule has 0 unspecified atom stereocenters. The van der Waals surface area contributed by atoms with Crippen LogP contribution in [-0.2, 0) is 10.1 Å². The first kappa shape index (κ1) is 26.0. The van der Waals surface area contributed by atoms with Crippen molar-refractivity contribution >= 4 is 65.9 Å². The molecule has 2 aromatic heterocycles. The fourth-order valence-corrected chi connectivity index (χ4v) is 6.14. The van der Waals surface area contributed by atoms with Crippen LogP contribution in [0.25, 0.3) is 67.1 Å². The average molecular weight is 595 g/mol. The standard InChI is InChI=1S/C34H22N6O3S/c41-44(42,43)32-21-27(40-36-31-20-15-24-6-2-4-8-29(24)34(31)38-40)18-13-25(32)12-9-22-10-16-26(17-11-22)39-35-30-19-14-23-5-1-3-7-28(23)33(30)37-39/h1-21H,(H,41,42,43). The molecule has 212 valence electrons.